The van der Waals surface area contributed by atoms with Gasteiger partial charge >= 0.3 is 0 Å². The number of nitrogens with zero attached hydrogens (tertiary/aromatic N) is 3. The van der Waals surface area contributed by atoms with Gasteiger partial charge in [0.15, 0.2) is 0 Å². The van der Waals surface area contributed by atoms with Crippen LogP contribution in [0.1, 0.15) is 29.8 Å². The molecule has 0 radical (unpaired) electrons. The van der Waals surface area contributed by atoms with Gasteiger partial charge in [-0.05, 0) is 37.3 Å². The lowest BCUT2D eigenvalue weighted by molar-refractivity contribution is 0.839. The molecule has 19 heavy (non-hydrogen) atoms. The largest absolute Gasteiger partial charge is 0.377 e. The first-order valence-electron chi connectivity index (χ1n) is 5.86. The van der Waals surface area contributed by atoms with Crippen molar-refractivity contribution in [2.75, 3.05) is 5.32 Å². The Morgan fingerprint density at radius 1 is 1.11 bits per heavy atom. The third-order valence-electron chi connectivity index (χ3n) is 2.78. The lowest BCUT2D eigenvalue weighted by Crippen LogP contribution is -2.08. The van der Waals surface area contributed by atoms with E-state index >= 15 is 0 Å². The Morgan fingerprint density at radius 2 is 1.89 bits per heavy atom. The molecule has 0 aliphatic rings. The van der Waals surface area contributed by atoms with E-state index in [0.29, 0.717) is 11.1 Å². The topological polar surface area (TPSA) is 72.5 Å². The van der Waals surface area contributed by atoms with E-state index in [9.17, 15) is 0 Å². The van der Waals surface area contributed by atoms with Gasteiger partial charge in [0.25, 0.3) is 0 Å². The van der Waals surface area contributed by atoms with E-state index in [2.05, 4.69) is 10.3 Å². The minimum absolute atomic E-state index is 0.0284. The quantitative estimate of drug-likeness (QED) is 0.906. The fraction of sp³-hybridized carbons (Fsp3) is 0.133. The molecule has 0 bridgehead atoms. The standard InChI is InChI=1S/C15H12N4/c1-11(15-4-2-3-7-18-15)19-14-6-5-12(9-16)13(8-14)10-17/h2-8,11,19H,1H3. The normalized spacial score (nSPS) is 11.1. The van der Waals surface area contributed by atoms with Crippen LogP contribution in [-0.4, -0.2) is 4.98 Å². The summed E-state index contributed by atoms with van der Waals surface area (Å²) in [5, 5.41) is 21.1. The van der Waals surface area contributed by atoms with E-state index in [-0.39, 0.29) is 6.04 Å². The number of anilines is 1. The van der Waals surface area contributed by atoms with Crippen molar-refractivity contribution in [1.29, 1.82) is 10.5 Å². The van der Waals surface area contributed by atoms with Crippen molar-refractivity contribution >= 4 is 5.69 Å². The Labute approximate surface area is 112 Å². The van der Waals surface area contributed by atoms with Gasteiger partial charge in [0.05, 0.1) is 22.9 Å². The van der Waals surface area contributed by atoms with Gasteiger partial charge in [-0.2, -0.15) is 10.5 Å². The van der Waals surface area contributed by atoms with Crippen LogP contribution in [0, 0.1) is 22.7 Å². The maximum Gasteiger partial charge on any atom is 0.101 e. The zero-order valence-electron chi connectivity index (χ0n) is 10.5. The highest BCUT2D eigenvalue weighted by atomic mass is 14.9. The van der Waals surface area contributed by atoms with Crippen LogP contribution in [-0.2, 0) is 0 Å². The molecule has 1 atom stereocenters. The first kappa shape index (κ1) is 12.6. The number of hydrogen-bond acceptors (Lipinski definition) is 4. The number of benzene rings is 1. The number of nitriles is 2. The average molecular weight is 248 g/mol. The molecule has 1 N–H and O–H groups in total. The summed E-state index contributed by atoms with van der Waals surface area (Å²) in [5.41, 5.74) is 2.48. The molecular weight excluding hydrogens is 236 g/mol. The molecule has 4 heteroatoms. The fourth-order valence-electron chi connectivity index (χ4n) is 1.78. The number of nitrogens with one attached hydrogen (secondary N) is 1. The first-order valence-corrected chi connectivity index (χ1v) is 5.86. The summed E-state index contributed by atoms with van der Waals surface area (Å²) in [6.07, 6.45) is 1.74. The van der Waals surface area contributed by atoms with Gasteiger partial charge in [-0.25, -0.2) is 0 Å². The minimum atomic E-state index is 0.0284. The van der Waals surface area contributed by atoms with E-state index in [4.69, 9.17) is 10.5 Å². The summed E-state index contributed by atoms with van der Waals surface area (Å²) in [6, 6.07) is 14.9. The van der Waals surface area contributed by atoms with Crippen molar-refractivity contribution in [3.63, 3.8) is 0 Å². The molecular formula is C15H12N4. The maximum absolute atomic E-state index is 8.98. The smallest absolute Gasteiger partial charge is 0.101 e. The molecule has 1 aromatic carbocycles. The van der Waals surface area contributed by atoms with Crippen LogP contribution < -0.4 is 5.32 Å². The van der Waals surface area contributed by atoms with Crippen LogP contribution in [0.2, 0.25) is 0 Å². The van der Waals surface area contributed by atoms with Gasteiger partial charge in [-0.3, -0.25) is 4.98 Å². The predicted octanol–water partition coefficient (Wildman–Crippen LogP) is 3.00. The summed E-state index contributed by atoms with van der Waals surface area (Å²) >= 11 is 0. The second-order valence-electron chi connectivity index (χ2n) is 4.10. The SMILES string of the molecule is CC(Nc1ccc(C#N)c(C#N)c1)c1ccccn1. The number of aromatic nitrogens is 1. The first-order chi connectivity index (χ1) is 9.24. The lowest BCUT2D eigenvalue weighted by Gasteiger charge is -2.14. The molecule has 2 aromatic rings. The highest BCUT2D eigenvalue weighted by molar-refractivity contribution is 5.56. The van der Waals surface area contributed by atoms with Gasteiger partial charge in [0.2, 0.25) is 0 Å². The molecule has 1 unspecified atom stereocenters. The third-order valence-corrected chi connectivity index (χ3v) is 2.78. The highest BCUT2D eigenvalue weighted by Gasteiger charge is 2.08. The summed E-state index contributed by atoms with van der Waals surface area (Å²) in [7, 11) is 0. The van der Waals surface area contributed by atoms with Gasteiger partial charge < -0.3 is 5.32 Å². The van der Waals surface area contributed by atoms with E-state index in [1.54, 1.807) is 24.4 Å². The van der Waals surface area contributed by atoms with Crippen LogP contribution in [0.25, 0.3) is 0 Å². The molecule has 0 aliphatic heterocycles. The summed E-state index contributed by atoms with van der Waals surface area (Å²) in [4.78, 5) is 4.27. The van der Waals surface area contributed by atoms with Crippen LogP contribution >= 0.6 is 0 Å². The van der Waals surface area contributed by atoms with Crippen molar-refractivity contribution < 1.29 is 0 Å². The Bertz CT molecular complexity index is 650. The van der Waals surface area contributed by atoms with Gasteiger partial charge in [0.1, 0.15) is 12.1 Å². The molecule has 0 fully saturated rings. The molecule has 0 spiro atoms. The Kier molecular flexibility index (Phi) is 3.75. The summed E-state index contributed by atoms with van der Waals surface area (Å²) in [6.45, 7) is 1.99. The molecule has 1 heterocycles. The van der Waals surface area contributed by atoms with Crippen molar-refractivity contribution in [3.05, 3.63) is 59.4 Å². The Hall–Kier alpha value is -2.85. The number of hydrogen-bond donors (Lipinski definition) is 1. The second kappa shape index (κ2) is 5.66. The summed E-state index contributed by atoms with van der Waals surface area (Å²) < 4.78 is 0. The third kappa shape index (κ3) is 2.88. The Balaban J connectivity index is 2.21. The molecule has 2 rings (SSSR count). The van der Waals surface area contributed by atoms with E-state index in [1.165, 1.54) is 0 Å². The van der Waals surface area contributed by atoms with Crippen molar-refractivity contribution in [3.8, 4) is 12.1 Å². The predicted molar refractivity (Wildman–Crippen MR) is 72.1 cm³/mol. The van der Waals surface area contributed by atoms with Crippen LogP contribution in [0.4, 0.5) is 5.69 Å². The van der Waals surface area contributed by atoms with Crippen molar-refractivity contribution in [2.45, 2.75) is 13.0 Å². The second-order valence-corrected chi connectivity index (χ2v) is 4.10. The average Bonchev–Trinajstić information content (AvgIpc) is 2.48. The molecule has 0 saturated heterocycles. The molecule has 0 saturated carbocycles. The highest BCUT2D eigenvalue weighted by Crippen LogP contribution is 2.20. The zero-order chi connectivity index (χ0) is 13.7. The van der Waals surface area contributed by atoms with E-state index < -0.39 is 0 Å². The molecule has 0 amide bonds. The number of rotatable bonds is 3. The van der Waals surface area contributed by atoms with Crippen LogP contribution in [0.15, 0.2) is 42.6 Å². The van der Waals surface area contributed by atoms with Crippen LogP contribution in [0.5, 0.6) is 0 Å². The molecule has 0 aliphatic carbocycles. The Morgan fingerprint density at radius 3 is 2.53 bits per heavy atom. The van der Waals surface area contributed by atoms with Crippen molar-refractivity contribution in [2.24, 2.45) is 0 Å². The van der Waals surface area contributed by atoms with Gasteiger partial charge in [-0.1, -0.05) is 6.07 Å². The molecule has 92 valence electrons. The summed E-state index contributed by atoms with van der Waals surface area (Å²) in [5.74, 6) is 0. The zero-order valence-corrected chi connectivity index (χ0v) is 10.5. The molecule has 1 aromatic heterocycles. The van der Waals surface area contributed by atoms with Crippen LogP contribution in [0.3, 0.4) is 0 Å². The van der Waals surface area contributed by atoms with Gasteiger partial charge in [0, 0.05) is 11.9 Å². The minimum Gasteiger partial charge on any atom is -0.377 e. The van der Waals surface area contributed by atoms with Crippen molar-refractivity contribution in [1.82, 2.24) is 4.98 Å². The van der Waals surface area contributed by atoms with E-state index in [1.807, 2.05) is 37.3 Å². The fourth-order valence-corrected chi connectivity index (χ4v) is 1.78. The van der Waals surface area contributed by atoms with Gasteiger partial charge in [-0.15, -0.1) is 0 Å². The lowest BCUT2D eigenvalue weighted by atomic mass is 10.1. The molecule has 4 nitrogen and oxygen atoms in total. The number of pyridine rings is 1. The monoisotopic (exact) mass is 248 g/mol. The van der Waals surface area contributed by atoms with E-state index in [0.717, 1.165) is 11.4 Å². The maximum atomic E-state index is 8.98.